The second-order valence-corrected chi connectivity index (χ2v) is 6.47. The molecule has 7 nitrogen and oxygen atoms in total. The topological polar surface area (TPSA) is 86.8 Å². The Labute approximate surface area is 184 Å². The molecule has 0 aliphatic rings. The molecule has 0 atom stereocenters. The number of halogens is 1. The van der Waals surface area contributed by atoms with Crippen molar-refractivity contribution in [1.29, 1.82) is 0 Å². The van der Waals surface area contributed by atoms with E-state index in [0.29, 0.717) is 22.7 Å². The van der Waals surface area contributed by atoms with Crippen molar-refractivity contribution in [2.24, 2.45) is 0 Å². The molecule has 1 N–H and O–H groups in total. The van der Waals surface area contributed by atoms with Crippen LogP contribution in [0.15, 0.2) is 73.1 Å². The van der Waals surface area contributed by atoms with Crippen LogP contribution in [0.25, 0.3) is 6.08 Å². The highest BCUT2D eigenvalue weighted by molar-refractivity contribution is 6.02. The maximum Gasteiger partial charge on any atom is 0.308 e. The zero-order chi connectivity index (χ0) is 22.8. The fraction of sp³-hybridized carbons (Fsp3) is 0.125. The first kappa shape index (κ1) is 22.5. The highest BCUT2D eigenvalue weighted by Gasteiger charge is 2.08. The lowest BCUT2D eigenvalue weighted by atomic mass is 10.2. The van der Waals surface area contributed by atoms with Gasteiger partial charge in [0.1, 0.15) is 11.5 Å². The number of nitrogens with one attached hydrogen (secondary N) is 1. The first-order valence-electron chi connectivity index (χ1n) is 9.70. The number of methoxy groups -OCH3 is 1. The maximum absolute atomic E-state index is 14.3. The molecule has 0 spiro atoms. The van der Waals surface area contributed by atoms with Gasteiger partial charge < -0.3 is 19.5 Å². The average Bonchev–Trinajstić information content (AvgIpc) is 2.81. The monoisotopic (exact) mass is 436 g/mol. The number of ether oxygens (including phenoxy) is 3. The molecule has 3 aromatic rings. The summed E-state index contributed by atoms with van der Waals surface area (Å²) in [5.41, 5.74) is 0.928. The summed E-state index contributed by atoms with van der Waals surface area (Å²) in [5, 5.41) is 2.70. The average molecular weight is 436 g/mol. The number of hydrogen-bond donors (Lipinski definition) is 1. The van der Waals surface area contributed by atoms with E-state index in [1.807, 2.05) is 0 Å². The number of aromatic nitrogens is 1. The third-order valence-electron chi connectivity index (χ3n) is 4.18. The van der Waals surface area contributed by atoms with Crippen LogP contribution in [-0.2, 0) is 14.3 Å². The molecule has 8 heteroatoms. The summed E-state index contributed by atoms with van der Waals surface area (Å²) >= 11 is 0. The highest BCUT2D eigenvalue weighted by atomic mass is 19.1. The van der Waals surface area contributed by atoms with E-state index in [9.17, 15) is 14.0 Å². The highest BCUT2D eigenvalue weighted by Crippen LogP contribution is 2.26. The number of carbonyl (C=O) groups is 2. The van der Waals surface area contributed by atoms with Crippen molar-refractivity contribution < 1.29 is 28.2 Å². The molecular weight excluding hydrogens is 415 g/mol. The van der Waals surface area contributed by atoms with Crippen LogP contribution in [0.1, 0.15) is 12.0 Å². The Morgan fingerprint density at radius 1 is 1.09 bits per heavy atom. The number of benzene rings is 2. The molecule has 0 saturated heterocycles. The minimum atomic E-state index is -0.569. The van der Waals surface area contributed by atoms with Crippen LogP contribution in [0, 0.1) is 5.82 Å². The molecule has 0 bridgehead atoms. The van der Waals surface area contributed by atoms with Gasteiger partial charge in [0.2, 0.25) is 5.91 Å². The lowest BCUT2D eigenvalue weighted by Crippen LogP contribution is -2.11. The molecule has 2 aromatic carbocycles. The first-order chi connectivity index (χ1) is 15.5. The van der Waals surface area contributed by atoms with Gasteiger partial charge in [-0.1, -0.05) is 18.2 Å². The summed E-state index contributed by atoms with van der Waals surface area (Å²) in [5.74, 6) is -0.496. The molecule has 32 heavy (non-hydrogen) atoms. The van der Waals surface area contributed by atoms with Crippen molar-refractivity contribution in [3.05, 3.63) is 84.4 Å². The molecule has 164 valence electrons. The van der Waals surface area contributed by atoms with Crippen LogP contribution in [0.3, 0.4) is 0 Å². The van der Waals surface area contributed by atoms with E-state index >= 15 is 0 Å². The number of anilines is 1. The maximum atomic E-state index is 14.3. The molecule has 1 aromatic heterocycles. The quantitative estimate of drug-likeness (QED) is 0.390. The van der Waals surface area contributed by atoms with Gasteiger partial charge >= 0.3 is 5.97 Å². The number of pyridine rings is 1. The Balaban J connectivity index is 1.60. The summed E-state index contributed by atoms with van der Waals surface area (Å²) in [6.45, 7) is 0.113. The first-order valence-corrected chi connectivity index (χ1v) is 9.70. The smallest absolute Gasteiger partial charge is 0.308 e. The Bertz CT molecular complexity index is 1100. The van der Waals surface area contributed by atoms with E-state index in [0.717, 1.165) is 0 Å². The molecule has 0 radical (unpaired) electrons. The minimum Gasteiger partial charge on any atom is -0.491 e. The zero-order valence-electron chi connectivity index (χ0n) is 17.3. The molecule has 0 saturated carbocycles. The SMILES string of the molecule is COC(=O)CCOc1ccccc1NC(=O)/C=C/c1ccc(Oc2cccnc2)c(F)c1. The van der Waals surface area contributed by atoms with Crippen molar-refractivity contribution in [3.63, 3.8) is 0 Å². The summed E-state index contributed by atoms with van der Waals surface area (Å²) in [6, 6.07) is 14.6. The number of esters is 1. The van der Waals surface area contributed by atoms with Gasteiger partial charge in [0, 0.05) is 12.3 Å². The lowest BCUT2D eigenvalue weighted by Gasteiger charge is -2.11. The van der Waals surface area contributed by atoms with Gasteiger partial charge in [-0.2, -0.15) is 0 Å². The normalized spacial score (nSPS) is 10.6. The number of para-hydroxylation sites is 2. The van der Waals surface area contributed by atoms with Crippen LogP contribution in [0.4, 0.5) is 10.1 Å². The van der Waals surface area contributed by atoms with Crippen LogP contribution in [0.2, 0.25) is 0 Å². The molecule has 0 aliphatic heterocycles. The van der Waals surface area contributed by atoms with Gasteiger partial charge in [-0.25, -0.2) is 4.39 Å². The van der Waals surface area contributed by atoms with Crippen molar-refractivity contribution in [1.82, 2.24) is 4.98 Å². The van der Waals surface area contributed by atoms with E-state index < -0.39 is 17.7 Å². The number of carbonyl (C=O) groups excluding carboxylic acids is 2. The van der Waals surface area contributed by atoms with Gasteiger partial charge in [-0.15, -0.1) is 0 Å². The second kappa shape index (κ2) is 11.3. The third-order valence-corrected chi connectivity index (χ3v) is 4.18. The van der Waals surface area contributed by atoms with Crippen molar-refractivity contribution in [2.75, 3.05) is 19.0 Å². The Hall–Kier alpha value is -4.20. The molecule has 0 unspecified atom stereocenters. The van der Waals surface area contributed by atoms with E-state index in [4.69, 9.17) is 9.47 Å². The number of rotatable bonds is 9. The minimum absolute atomic E-state index is 0.0534. The zero-order valence-corrected chi connectivity index (χ0v) is 17.3. The predicted molar refractivity (Wildman–Crippen MR) is 117 cm³/mol. The fourth-order valence-corrected chi connectivity index (χ4v) is 2.63. The van der Waals surface area contributed by atoms with Gasteiger partial charge in [0.25, 0.3) is 0 Å². The van der Waals surface area contributed by atoms with E-state index in [1.54, 1.807) is 48.7 Å². The van der Waals surface area contributed by atoms with Gasteiger partial charge in [0.05, 0.1) is 32.0 Å². The molecule has 0 aliphatic carbocycles. The van der Waals surface area contributed by atoms with E-state index in [1.165, 1.54) is 37.6 Å². The summed E-state index contributed by atoms with van der Waals surface area (Å²) in [6.07, 6.45) is 5.92. The van der Waals surface area contributed by atoms with Crippen LogP contribution >= 0.6 is 0 Å². The van der Waals surface area contributed by atoms with E-state index in [-0.39, 0.29) is 18.8 Å². The second-order valence-electron chi connectivity index (χ2n) is 6.47. The number of hydrogen-bond acceptors (Lipinski definition) is 6. The van der Waals surface area contributed by atoms with Crippen molar-refractivity contribution in [3.8, 4) is 17.2 Å². The Morgan fingerprint density at radius 2 is 1.94 bits per heavy atom. The predicted octanol–water partition coefficient (Wildman–Crippen LogP) is 4.61. The lowest BCUT2D eigenvalue weighted by molar-refractivity contribution is -0.141. The van der Waals surface area contributed by atoms with Crippen LogP contribution < -0.4 is 14.8 Å². The van der Waals surface area contributed by atoms with Gasteiger partial charge in [-0.3, -0.25) is 14.6 Å². The Kier molecular flexibility index (Phi) is 7.91. The Morgan fingerprint density at radius 3 is 2.69 bits per heavy atom. The molecule has 3 rings (SSSR count). The fourth-order valence-electron chi connectivity index (χ4n) is 2.63. The van der Waals surface area contributed by atoms with Gasteiger partial charge in [0.15, 0.2) is 11.6 Å². The van der Waals surface area contributed by atoms with Crippen LogP contribution in [0.5, 0.6) is 17.2 Å². The number of amides is 1. The molecule has 1 heterocycles. The molecule has 1 amide bonds. The summed E-state index contributed by atoms with van der Waals surface area (Å²) < 4.78 is 29.9. The summed E-state index contributed by atoms with van der Waals surface area (Å²) in [4.78, 5) is 27.4. The molecular formula is C24H21FN2O5. The van der Waals surface area contributed by atoms with Gasteiger partial charge in [-0.05, 0) is 48.0 Å². The largest absolute Gasteiger partial charge is 0.491 e. The number of nitrogens with zero attached hydrogens (tertiary/aromatic N) is 1. The van der Waals surface area contributed by atoms with E-state index in [2.05, 4.69) is 15.0 Å². The van der Waals surface area contributed by atoms with Crippen molar-refractivity contribution in [2.45, 2.75) is 6.42 Å². The van der Waals surface area contributed by atoms with Crippen molar-refractivity contribution >= 4 is 23.6 Å². The van der Waals surface area contributed by atoms with Crippen LogP contribution in [-0.4, -0.2) is 30.6 Å². The summed E-state index contributed by atoms with van der Waals surface area (Å²) in [7, 11) is 1.30. The standard InChI is InChI=1S/C24H21FN2O5/c1-30-24(29)12-14-31-22-7-3-2-6-20(22)27-23(28)11-9-17-8-10-21(19(25)15-17)32-18-5-4-13-26-16-18/h2-11,13,15-16H,12,14H2,1H3,(H,27,28)/b11-9+. The third kappa shape index (κ3) is 6.66. The molecule has 0 fully saturated rings.